The maximum Gasteiger partial charge on any atom is 0.0645 e. The molecular formula is C20H34Si2. The molecule has 0 amide bonds. The monoisotopic (exact) mass is 330 g/mol. The minimum Gasteiger partial charge on any atom is -0.103 e. The summed E-state index contributed by atoms with van der Waals surface area (Å²) in [5.74, 6) is 0. The van der Waals surface area contributed by atoms with Crippen molar-refractivity contribution in [3.8, 4) is 0 Å². The summed E-state index contributed by atoms with van der Waals surface area (Å²) < 4.78 is 0. The van der Waals surface area contributed by atoms with Crippen LogP contribution in [-0.4, -0.2) is 16.1 Å². The summed E-state index contributed by atoms with van der Waals surface area (Å²) in [5, 5.41) is 0. The molecule has 0 aliphatic rings. The summed E-state index contributed by atoms with van der Waals surface area (Å²) in [7, 11) is -2.83. The molecule has 0 aromatic carbocycles. The Morgan fingerprint density at radius 1 is 0.409 bits per heavy atom. The number of allylic oxidation sites excluding steroid dienone is 6. The second-order valence-electron chi connectivity index (χ2n) is 6.46. The molecule has 122 valence electrons. The molecule has 0 rings (SSSR count). The van der Waals surface area contributed by atoms with Crippen molar-refractivity contribution in [2.24, 2.45) is 0 Å². The fraction of sp³-hybridized carbons (Fsp3) is 0.400. The molecular weight excluding hydrogens is 296 g/mol. The van der Waals surface area contributed by atoms with Crippen molar-refractivity contribution in [1.29, 1.82) is 0 Å². The van der Waals surface area contributed by atoms with Crippen LogP contribution < -0.4 is 0 Å². The highest BCUT2D eigenvalue weighted by Gasteiger charge is 2.35. The van der Waals surface area contributed by atoms with Crippen LogP contribution in [0, 0.1) is 0 Å². The maximum absolute atomic E-state index is 3.99. The van der Waals surface area contributed by atoms with Crippen molar-refractivity contribution in [3.05, 3.63) is 75.9 Å². The van der Waals surface area contributed by atoms with E-state index in [0.717, 1.165) is 36.3 Å². The molecule has 0 aromatic heterocycles. The maximum atomic E-state index is 3.99. The molecule has 0 N–H and O–H groups in total. The van der Waals surface area contributed by atoms with Gasteiger partial charge in [0.05, 0.1) is 16.1 Å². The SMILES string of the molecule is C=CC[Si](CC=C)(CC=C)CC[Si](CC=C)(CC=C)CC=C. The van der Waals surface area contributed by atoms with Crippen LogP contribution in [-0.2, 0) is 0 Å². The van der Waals surface area contributed by atoms with E-state index >= 15 is 0 Å². The molecule has 0 aromatic rings. The Balaban J connectivity index is 5.28. The Kier molecular flexibility index (Phi) is 10.9. The lowest BCUT2D eigenvalue weighted by Gasteiger charge is -2.35. The largest absolute Gasteiger partial charge is 0.103 e. The van der Waals surface area contributed by atoms with Gasteiger partial charge in [-0.15, -0.1) is 39.5 Å². The second kappa shape index (κ2) is 11.4. The average Bonchev–Trinajstić information content (AvgIpc) is 2.47. The van der Waals surface area contributed by atoms with Gasteiger partial charge in [-0.05, 0) is 36.3 Å². The lowest BCUT2D eigenvalue weighted by atomic mass is 10.7. The van der Waals surface area contributed by atoms with Gasteiger partial charge in [0.25, 0.3) is 0 Å². The highest BCUT2D eigenvalue weighted by molar-refractivity contribution is 6.86. The van der Waals surface area contributed by atoms with Gasteiger partial charge in [-0.25, -0.2) is 0 Å². The third kappa shape index (κ3) is 6.76. The van der Waals surface area contributed by atoms with Crippen molar-refractivity contribution in [3.63, 3.8) is 0 Å². The van der Waals surface area contributed by atoms with Gasteiger partial charge in [-0.2, -0.15) is 0 Å². The fourth-order valence-corrected chi connectivity index (χ4v) is 13.6. The highest BCUT2D eigenvalue weighted by Crippen LogP contribution is 2.36. The Hall–Kier alpha value is -1.13. The molecule has 2 heteroatoms. The van der Waals surface area contributed by atoms with Crippen LogP contribution >= 0.6 is 0 Å². The predicted octanol–water partition coefficient (Wildman–Crippen LogP) is 7.00. The fourth-order valence-electron chi connectivity index (χ4n) is 3.48. The average molecular weight is 331 g/mol. The van der Waals surface area contributed by atoms with Crippen LogP contribution in [0.1, 0.15) is 0 Å². The number of hydrogen-bond acceptors (Lipinski definition) is 0. The summed E-state index contributed by atoms with van der Waals surface area (Å²) in [5.41, 5.74) is 0. The van der Waals surface area contributed by atoms with Crippen LogP contribution in [0.3, 0.4) is 0 Å². The normalized spacial score (nSPS) is 11.5. The summed E-state index contributed by atoms with van der Waals surface area (Å²) in [6.07, 6.45) is 12.6. The van der Waals surface area contributed by atoms with Gasteiger partial charge in [-0.1, -0.05) is 48.5 Å². The lowest BCUT2D eigenvalue weighted by molar-refractivity contribution is 1.15. The first-order valence-electron chi connectivity index (χ1n) is 8.23. The summed E-state index contributed by atoms with van der Waals surface area (Å²) in [4.78, 5) is 0. The van der Waals surface area contributed by atoms with Crippen LogP contribution in [0.2, 0.25) is 48.4 Å². The van der Waals surface area contributed by atoms with Crippen LogP contribution in [0.15, 0.2) is 75.9 Å². The number of rotatable bonds is 15. The van der Waals surface area contributed by atoms with E-state index in [1.807, 2.05) is 0 Å². The Bertz CT molecular complexity index is 301. The van der Waals surface area contributed by atoms with E-state index in [2.05, 4.69) is 75.9 Å². The van der Waals surface area contributed by atoms with Crippen molar-refractivity contribution in [2.45, 2.75) is 48.4 Å². The molecule has 0 saturated heterocycles. The van der Waals surface area contributed by atoms with E-state index in [-0.39, 0.29) is 0 Å². The molecule has 0 aliphatic carbocycles. The second-order valence-corrected chi connectivity index (χ2v) is 15.9. The van der Waals surface area contributed by atoms with Gasteiger partial charge >= 0.3 is 0 Å². The van der Waals surface area contributed by atoms with Gasteiger partial charge in [0.2, 0.25) is 0 Å². The zero-order valence-electron chi connectivity index (χ0n) is 14.4. The first-order valence-corrected chi connectivity index (χ1v) is 13.9. The third-order valence-electron chi connectivity index (χ3n) is 4.65. The molecule has 0 spiro atoms. The quantitative estimate of drug-likeness (QED) is 0.224. The first-order chi connectivity index (χ1) is 10.6. The van der Waals surface area contributed by atoms with E-state index in [0.29, 0.717) is 0 Å². The molecule has 0 saturated carbocycles. The summed E-state index contributed by atoms with van der Waals surface area (Å²) >= 11 is 0. The zero-order valence-corrected chi connectivity index (χ0v) is 16.4. The molecule has 0 nitrogen and oxygen atoms in total. The Labute approximate surface area is 140 Å². The molecule has 0 unspecified atom stereocenters. The van der Waals surface area contributed by atoms with Crippen molar-refractivity contribution >= 4 is 16.1 Å². The van der Waals surface area contributed by atoms with Gasteiger partial charge < -0.3 is 0 Å². The van der Waals surface area contributed by atoms with Crippen LogP contribution in [0.5, 0.6) is 0 Å². The standard InChI is InChI=1S/C20H34Si2/c1-7-13-21(14-8-2,15-9-3)19-20-22(16-10-4,17-11-5)18-12-6/h7-12H,1-6,13-20H2. The Morgan fingerprint density at radius 2 is 0.591 bits per heavy atom. The van der Waals surface area contributed by atoms with Crippen LogP contribution in [0.4, 0.5) is 0 Å². The highest BCUT2D eigenvalue weighted by atomic mass is 28.3. The van der Waals surface area contributed by atoms with E-state index < -0.39 is 16.1 Å². The van der Waals surface area contributed by atoms with Gasteiger partial charge in [-0.3, -0.25) is 0 Å². The molecule has 0 radical (unpaired) electrons. The van der Waals surface area contributed by atoms with Crippen LogP contribution in [0.25, 0.3) is 0 Å². The molecule has 0 bridgehead atoms. The molecule has 0 heterocycles. The van der Waals surface area contributed by atoms with Gasteiger partial charge in [0, 0.05) is 0 Å². The zero-order chi connectivity index (χ0) is 16.9. The number of hydrogen-bond donors (Lipinski definition) is 0. The van der Waals surface area contributed by atoms with E-state index in [1.165, 1.54) is 12.1 Å². The third-order valence-corrected chi connectivity index (χ3v) is 14.7. The summed E-state index contributed by atoms with van der Waals surface area (Å²) in [6.45, 7) is 24.0. The smallest absolute Gasteiger partial charge is 0.0645 e. The van der Waals surface area contributed by atoms with E-state index in [4.69, 9.17) is 0 Å². The van der Waals surface area contributed by atoms with Crippen molar-refractivity contribution in [2.75, 3.05) is 0 Å². The van der Waals surface area contributed by atoms with Crippen molar-refractivity contribution < 1.29 is 0 Å². The summed E-state index contributed by atoms with van der Waals surface area (Å²) in [6, 6.07) is 9.62. The predicted molar refractivity (Wildman–Crippen MR) is 111 cm³/mol. The minimum atomic E-state index is -1.41. The van der Waals surface area contributed by atoms with E-state index in [9.17, 15) is 0 Å². The van der Waals surface area contributed by atoms with Gasteiger partial charge in [0.15, 0.2) is 0 Å². The first kappa shape index (κ1) is 20.9. The van der Waals surface area contributed by atoms with Crippen molar-refractivity contribution in [1.82, 2.24) is 0 Å². The molecule has 0 atom stereocenters. The lowest BCUT2D eigenvalue weighted by Crippen LogP contribution is -2.38. The molecule has 22 heavy (non-hydrogen) atoms. The molecule has 0 aliphatic heterocycles. The topological polar surface area (TPSA) is 0 Å². The molecule has 0 fully saturated rings. The van der Waals surface area contributed by atoms with Gasteiger partial charge in [0.1, 0.15) is 0 Å². The Morgan fingerprint density at radius 3 is 0.727 bits per heavy atom. The minimum absolute atomic E-state index is 1.16. The van der Waals surface area contributed by atoms with E-state index in [1.54, 1.807) is 0 Å².